The molecule has 0 aromatic carbocycles. The van der Waals surface area contributed by atoms with E-state index in [-0.39, 0.29) is 23.3 Å². The zero-order valence-electron chi connectivity index (χ0n) is 17.2. The van der Waals surface area contributed by atoms with E-state index in [0.717, 1.165) is 71.4 Å². The van der Waals surface area contributed by atoms with Gasteiger partial charge in [0, 0.05) is 58.1 Å². The first-order valence-corrected chi connectivity index (χ1v) is 10.8. The maximum absolute atomic E-state index is 12.8. The molecular weight excluding hydrogens is 370 g/mol. The largest absolute Gasteiger partial charge is 0.376 e. The predicted molar refractivity (Wildman–Crippen MR) is 109 cm³/mol. The monoisotopic (exact) mass is 401 g/mol. The van der Waals surface area contributed by atoms with E-state index in [1.165, 1.54) is 0 Å². The topological polar surface area (TPSA) is 87.7 Å². The summed E-state index contributed by atoms with van der Waals surface area (Å²) in [4.78, 5) is 37.6. The predicted octanol–water partition coefficient (Wildman–Crippen LogP) is 1.93. The molecule has 3 aliphatic heterocycles. The first-order valence-electron chi connectivity index (χ1n) is 10.8. The highest BCUT2D eigenvalue weighted by Gasteiger charge is 2.42. The van der Waals surface area contributed by atoms with E-state index < -0.39 is 0 Å². The van der Waals surface area contributed by atoms with Crippen LogP contribution in [0.1, 0.15) is 55.8 Å². The molecule has 0 aliphatic carbocycles. The van der Waals surface area contributed by atoms with Crippen LogP contribution in [0.5, 0.6) is 0 Å². The average Bonchev–Trinajstić information content (AvgIpc) is 3.25. The number of ether oxygens (including phenoxy) is 1. The van der Waals surface area contributed by atoms with Crippen LogP contribution in [0.3, 0.4) is 0 Å². The number of aromatic nitrogens is 2. The fourth-order valence-electron chi connectivity index (χ4n) is 4.77. The molecule has 29 heavy (non-hydrogen) atoms. The Morgan fingerprint density at radius 2 is 2.03 bits per heavy atom. The molecule has 8 nitrogen and oxygen atoms in total. The van der Waals surface area contributed by atoms with E-state index in [1.54, 1.807) is 12.4 Å². The number of anilines is 1. The van der Waals surface area contributed by atoms with E-state index >= 15 is 0 Å². The van der Waals surface area contributed by atoms with Crippen molar-refractivity contribution >= 4 is 17.8 Å². The summed E-state index contributed by atoms with van der Waals surface area (Å²) in [5.74, 6) is 0.786. The molecule has 0 bridgehead atoms. The molecule has 1 atom stereocenters. The molecule has 1 N–H and O–H groups in total. The van der Waals surface area contributed by atoms with Crippen LogP contribution in [0.4, 0.5) is 5.95 Å². The van der Waals surface area contributed by atoms with Gasteiger partial charge in [0.05, 0.1) is 11.7 Å². The van der Waals surface area contributed by atoms with Crippen LogP contribution in [0.25, 0.3) is 0 Å². The molecule has 4 rings (SSSR count). The van der Waals surface area contributed by atoms with Crippen molar-refractivity contribution in [3.05, 3.63) is 18.0 Å². The molecule has 1 aromatic heterocycles. The number of hydrogen-bond acceptors (Lipinski definition) is 6. The average molecular weight is 402 g/mol. The van der Waals surface area contributed by atoms with Crippen LogP contribution < -0.4 is 5.32 Å². The maximum Gasteiger partial charge on any atom is 0.256 e. The van der Waals surface area contributed by atoms with E-state index in [1.807, 2.05) is 16.7 Å². The summed E-state index contributed by atoms with van der Waals surface area (Å²) in [6, 6.07) is 0. The third-order valence-electron chi connectivity index (χ3n) is 6.54. The summed E-state index contributed by atoms with van der Waals surface area (Å²) in [6.07, 6.45) is 8.94. The van der Waals surface area contributed by atoms with Crippen LogP contribution in [-0.4, -0.2) is 77.0 Å². The highest BCUT2D eigenvalue weighted by molar-refractivity contribution is 5.93. The second-order valence-corrected chi connectivity index (χ2v) is 8.53. The lowest BCUT2D eigenvalue weighted by Crippen LogP contribution is -2.53. The molecule has 1 spiro atoms. The third kappa shape index (κ3) is 4.52. The van der Waals surface area contributed by atoms with E-state index in [9.17, 15) is 9.59 Å². The number of likely N-dealkylation sites (tertiary alicyclic amines) is 2. The highest BCUT2D eigenvalue weighted by Crippen LogP contribution is 2.40. The van der Waals surface area contributed by atoms with Crippen LogP contribution in [0.15, 0.2) is 12.4 Å². The fraction of sp³-hybridized carbons (Fsp3) is 0.714. The van der Waals surface area contributed by atoms with Gasteiger partial charge >= 0.3 is 0 Å². The first kappa shape index (κ1) is 20.1. The van der Waals surface area contributed by atoms with Gasteiger partial charge in [0.15, 0.2) is 0 Å². The molecule has 3 fully saturated rings. The van der Waals surface area contributed by atoms with Crippen molar-refractivity contribution in [3.8, 4) is 0 Å². The zero-order valence-corrected chi connectivity index (χ0v) is 17.2. The molecule has 158 valence electrons. The van der Waals surface area contributed by atoms with Crippen LogP contribution in [0.2, 0.25) is 0 Å². The standard InChI is InChI=1S/C21H31N5O3/c1-2-22-20-23-12-16(13-24-20)19(28)25-9-7-21(8-10-25)6-5-18(27)26(15-21)14-17-4-3-11-29-17/h12-13,17H,2-11,14-15H2,1H3,(H,22,23,24)/t17-/m0/s1. The van der Waals surface area contributed by atoms with E-state index in [4.69, 9.17) is 4.74 Å². The number of amides is 2. The van der Waals surface area contributed by atoms with Crippen molar-refractivity contribution in [2.24, 2.45) is 5.41 Å². The number of nitrogens with one attached hydrogen (secondary N) is 1. The lowest BCUT2D eigenvalue weighted by Gasteiger charge is -2.47. The van der Waals surface area contributed by atoms with Crippen LogP contribution in [-0.2, 0) is 9.53 Å². The number of carbonyl (C=O) groups excluding carboxylic acids is 2. The molecule has 8 heteroatoms. The smallest absolute Gasteiger partial charge is 0.256 e. The van der Waals surface area contributed by atoms with Gasteiger partial charge < -0.3 is 19.9 Å². The van der Waals surface area contributed by atoms with E-state index in [2.05, 4.69) is 15.3 Å². The van der Waals surface area contributed by atoms with Crippen molar-refractivity contribution in [3.63, 3.8) is 0 Å². The number of piperidine rings is 2. The van der Waals surface area contributed by atoms with Gasteiger partial charge in [-0.2, -0.15) is 0 Å². The van der Waals surface area contributed by atoms with Gasteiger partial charge in [-0.05, 0) is 44.4 Å². The third-order valence-corrected chi connectivity index (χ3v) is 6.54. The number of hydrogen-bond donors (Lipinski definition) is 1. The number of nitrogens with zero attached hydrogens (tertiary/aromatic N) is 4. The number of rotatable bonds is 5. The SMILES string of the molecule is CCNc1ncc(C(=O)N2CCC3(CCC(=O)N(C[C@@H]4CCCO4)C3)CC2)cn1. The Hall–Kier alpha value is -2.22. The Kier molecular flexibility index (Phi) is 5.99. The molecule has 3 aliphatic rings. The van der Waals surface area contributed by atoms with Gasteiger partial charge in [-0.1, -0.05) is 0 Å². The van der Waals surface area contributed by atoms with Crippen molar-refractivity contribution in [1.82, 2.24) is 19.8 Å². The second kappa shape index (κ2) is 8.65. The summed E-state index contributed by atoms with van der Waals surface area (Å²) in [7, 11) is 0. The Balaban J connectivity index is 1.34. The Morgan fingerprint density at radius 1 is 1.28 bits per heavy atom. The van der Waals surface area contributed by atoms with Gasteiger partial charge in [-0.25, -0.2) is 9.97 Å². The quantitative estimate of drug-likeness (QED) is 0.811. The Labute approximate surface area is 172 Å². The molecular formula is C21H31N5O3. The zero-order chi connectivity index (χ0) is 20.3. The minimum atomic E-state index is -0.00834. The molecule has 0 radical (unpaired) electrons. The highest BCUT2D eigenvalue weighted by atomic mass is 16.5. The molecule has 4 heterocycles. The van der Waals surface area contributed by atoms with Crippen molar-refractivity contribution < 1.29 is 14.3 Å². The Morgan fingerprint density at radius 3 is 2.69 bits per heavy atom. The van der Waals surface area contributed by atoms with Gasteiger partial charge in [0.1, 0.15) is 0 Å². The van der Waals surface area contributed by atoms with Crippen molar-refractivity contribution in [2.75, 3.05) is 44.6 Å². The molecule has 1 aromatic rings. The van der Waals surface area contributed by atoms with Gasteiger partial charge in [-0.15, -0.1) is 0 Å². The van der Waals surface area contributed by atoms with Gasteiger partial charge in [0.25, 0.3) is 5.91 Å². The second-order valence-electron chi connectivity index (χ2n) is 8.53. The van der Waals surface area contributed by atoms with E-state index in [0.29, 0.717) is 17.9 Å². The molecule has 2 amide bonds. The minimum absolute atomic E-state index is 0.00834. The lowest BCUT2D eigenvalue weighted by molar-refractivity contribution is -0.141. The minimum Gasteiger partial charge on any atom is -0.376 e. The van der Waals surface area contributed by atoms with Gasteiger partial charge in [0.2, 0.25) is 11.9 Å². The summed E-state index contributed by atoms with van der Waals surface area (Å²) in [6.45, 7) is 6.49. The summed E-state index contributed by atoms with van der Waals surface area (Å²) in [5.41, 5.74) is 0.663. The van der Waals surface area contributed by atoms with Crippen molar-refractivity contribution in [1.29, 1.82) is 0 Å². The normalized spacial score (nSPS) is 24.2. The van der Waals surface area contributed by atoms with Crippen molar-refractivity contribution in [2.45, 2.75) is 51.6 Å². The Bertz CT molecular complexity index is 724. The summed E-state index contributed by atoms with van der Waals surface area (Å²) < 4.78 is 5.74. The number of carbonyl (C=O) groups is 2. The lowest BCUT2D eigenvalue weighted by atomic mass is 9.72. The molecule has 0 saturated carbocycles. The summed E-state index contributed by atoms with van der Waals surface area (Å²) >= 11 is 0. The maximum atomic E-state index is 12.8. The molecule has 0 unspecified atom stereocenters. The fourth-order valence-corrected chi connectivity index (χ4v) is 4.77. The van der Waals surface area contributed by atoms with Crippen LogP contribution in [0, 0.1) is 5.41 Å². The first-order chi connectivity index (χ1) is 14.1. The van der Waals surface area contributed by atoms with Crippen LogP contribution >= 0.6 is 0 Å². The molecule has 3 saturated heterocycles. The summed E-state index contributed by atoms with van der Waals surface area (Å²) in [5, 5.41) is 3.04. The van der Waals surface area contributed by atoms with Gasteiger partial charge in [-0.3, -0.25) is 9.59 Å².